The normalized spacial score (nSPS) is 39.9. The zero-order valence-electron chi connectivity index (χ0n) is 23.9. The summed E-state index contributed by atoms with van der Waals surface area (Å²) in [5.41, 5.74) is 0. The standard InChI is InChI=1S/C31H46O10/c1-22-14-8-4-3-5-10-18-25(38-2)20-23(33)15-9-6-11-16-24(17-12-7-13-19-27(34)39-22)40-31-30(37)29(36)28(35)26(21-32)41-31/h3,5-7,9-13,16,18-19,22-26,28-33,35-37H,4,8,14-15,17,20-21H2,1-2H3/b5-3+,9-6-,12-7+,16-11-,18-10+,19-13-/t22-,23+,24-,25+,26-,28-,29+,30-,31-/m1/s1. The van der Waals surface area contributed by atoms with Gasteiger partial charge in [0.1, 0.15) is 24.4 Å². The van der Waals surface area contributed by atoms with Crippen LogP contribution in [0.1, 0.15) is 45.4 Å². The van der Waals surface area contributed by atoms with E-state index in [1.165, 1.54) is 6.08 Å². The van der Waals surface area contributed by atoms with Crippen molar-refractivity contribution in [3.63, 3.8) is 0 Å². The van der Waals surface area contributed by atoms with Gasteiger partial charge in [0.15, 0.2) is 6.29 Å². The molecule has 5 N–H and O–H groups in total. The van der Waals surface area contributed by atoms with Gasteiger partial charge in [0, 0.05) is 19.6 Å². The van der Waals surface area contributed by atoms with Gasteiger partial charge in [0.25, 0.3) is 0 Å². The predicted molar refractivity (Wildman–Crippen MR) is 154 cm³/mol. The number of hydrogen-bond acceptors (Lipinski definition) is 10. The lowest BCUT2D eigenvalue weighted by molar-refractivity contribution is -0.307. The lowest BCUT2D eigenvalue weighted by atomic mass is 9.99. The van der Waals surface area contributed by atoms with Crippen LogP contribution in [0.2, 0.25) is 0 Å². The van der Waals surface area contributed by atoms with Crippen molar-refractivity contribution in [3.05, 3.63) is 72.9 Å². The molecule has 2 aliphatic heterocycles. The maximum Gasteiger partial charge on any atom is 0.331 e. The fourth-order valence-electron chi connectivity index (χ4n) is 4.26. The average Bonchev–Trinajstić information content (AvgIpc) is 2.94. The second-order valence-corrected chi connectivity index (χ2v) is 10.1. The summed E-state index contributed by atoms with van der Waals surface area (Å²) in [6.07, 6.45) is 16.0. The van der Waals surface area contributed by atoms with Crippen LogP contribution in [0.15, 0.2) is 72.9 Å². The summed E-state index contributed by atoms with van der Waals surface area (Å²) in [6, 6.07) is 0. The number of carbonyl (C=O) groups is 1. The quantitative estimate of drug-likeness (QED) is 0.314. The van der Waals surface area contributed by atoms with Gasteiger partial charge in [-0.3, -0.25) is 0 Å². The lowest BCUT2D eigenvalue weighted by Gasteiger charge is -2.40. The Morgan fingerprint density at radius 1 is 0.878 bits per heavy atom. The molecule has 230 valence electrons. The Hall–Kier alpha value is -2.41. The third-order valence-corrected chi connectivity index (χ3v) is 6.67. The first kappa shape index (κ1) is 34.8. The molecule has 0 aromatic rings. The molecule has 0 bridgehead atoms. The van der Waals surface area contributed by atoms with Crippen LogP contribution >= 0.6 is 0 Å². The Kier molecular flexibility index (Phi) is 16.7. The number of ether oxygens (including phenoxy) is 4. The fourth-order valence-corrected chi connectivity index (χ4v) is 4.26. The average molecular weight is 579 g/mol. The molecule has 41 heavy (non-hydrogen) atoms. The van der Waals surface area contributed by atoms with Crippen molar-refractivity contribution in [2.45, 2.75) is 101 Å². The van der Waals surface area contributed by atoms with Crippen molar-refractivity contribution in [3.8, 4) is 0 Å². The summed E-state index contributed by atoms with van der Waals surface area (Å²) in [7, 11) is 1.60. The first-order valence-electron chi connectivity index (χ1n) is 14.1. The SMILES string of the molecule is CO[C@H]1/C=C/C=C/CCC[C@@H](C)OC(=O)/C=C\C=C\C[C@H](O[C@@H]2O[C@H](CO)[C@@H](O)[C@H](O)[C@H]2O)/C=C\C=C/C[C@H](O)C1. The second-order valence-electron chi connectivity index (χ2n) is 10.1. The third-order valence-electron chi connectivity index (χ3n) is 6.67. The van der Waals surface area contributed by atoms with Crippen molar-refractivity contribution < 1.29 is 49.3 Å². The summed E-state index contributed by atoms with van der Waals surface area (Å²) < 4.78 is 22.2. The largest absolute Gasteiger partial charge is 0.460 e. The van der Waals surface area contributed by atoms with E-state index >= 15 is 0 Å². The molecule has 0 unspecified atom stereocenters. The minimum Gasteiger partial charge on any atom is -0.460 e. The number of hydrogen-bond donors (Lipinski definition) is 5. The van der Waals surface area contributed by atoms with Gasteiger partial charge in [0.2, 0.25) is 0 Å². The smallest absolute Gasteiger partial charge is 0.331 e. The molecule has 0 saturated carbocycles. The number of aliphatic hydroxyl groups excluding tert-OH is 5. The number of esters is 1. The second kappa shape index (κ2) is 19.7. The van der Waals surface area contributed by atoms with Crippen LogP contribution in [0, 0.1) is 0 Å². The van der Waals surface area contributed by atoms with Gasteiger partial charge in [-0.15, -0.1) is 0 Å². The molecule has 0 aromatic carbocycles. The van der Waals surface area contributed by atoms with Crippen LogP contribution in [-0.4, -0.2) is 100 Å². The molecule has 2 rings (SSSR count). The van der Waals surface area contributed by atoms with Gasteiger partial charge in [-0.1, -0.05) is 66.8 Å². The van der Waals surface area contributed by atoms with Crippen LogP contribution in [0.25, 0.3) is 0 Å². The third kappa shape index (κ3) is 13.4. The van der Waals surface area contributed by atoms with Crippen LogP contribution in [-0.2, 0) is 23.7 Å². The number of aliphatic hydroxyl groups is 5. The van der Waals surface area contributed by atoms with Crippen molar-refractivity contribution in [2.24, 2.45) is 0 Å². The summed E-state index contributed by atoms with van der Waals surface area (Å²) in [4.78, 5) is 12.1. The molecule has 1 saturated heterocycles. The van der Waals surface area contributed by atoms with E-state index in [4.69, 9.17) is 18.9 Å². The minimum absolute atomic E-state index is 0.223. The zero-order valence-corrected chi connectivity index (χ0v) is 23.9. The summed E-state index contributed by atoms with van der Waals surface area (Å²) in [5.74, 6) is -0.443. The Morgan fingerprint density at radius 2 is 1.56 bits per heavy atom. The first-order chi connectivity index (χ1) is 19.7. The highest BCUT2D eigenvalue weighted by Crippen LogP contribution is 2.24. The molecule has 1 fully saturated rings. The number of carbonyl (C=O) groups excluding carboxylic acids is 1. The van der Waals surface area contributed by atoms with E-state index in [-0.39, 0.29) is 12.2 Å². The number of allylic oxidation sites excluding steroid dienone is 7. The Balaban J connectivity index is 2.14. The molecular weight excluding hydrogens is 532 g/mol. The molecule has 10 heteroatoms. The van der Waals surface area contributed by atoms with Crippen molar-refractivity contribution in [1.82, 2.24) is 0 Å². The maximum absolute atomic E-state index is 12.1. The van der Waals surface area contributed by atoms with Crippen LogP contribution in [0.3, 0.4) is 0 Å². The molecule has 0 amide bonds. The lowest BCUT2D eigenvalue weighted by Crippen LogP contribution is -2.59. The summed E-state index contributed by atoms with van der Waals surface area (Å²) >= 11 is 0. The van der Waals surface area contributed by atoms with E-state index in [2.05, 4.69) is 0 Å². The molecule has 0 radical (unpaired) electrons. The van der Waals surface area contributed by atoms with E-state index in [9.17, 15) is 30.3 Å². The molecule has 0 spiro atoms. The van der Waals surface area contributed by atoms with Gasteiger partial charge >= 0.3 is 5.97 Å². The monoisotopic (exact) mass is 578 g/mol. The summed E-state index contributed by atoms with van der Waals surface area (Å²) in [5, 5.41) is 50.4. The molecule has 2 aliphatic rings. The Labute approximate surface area is 242 Å². The zero-order chi connectivity index (χ0) is 30.0. The number of cyclic esters (lactones) is 1. The highest BCUT2D eigenvalue weighted by molar-refractivity contribution is 5.82. The van der Waals surface area contributed by atoms with Crippen LogP contribution in [0.5, 0.6) is 0 Å². The fraction of sp³-hybridized carbons (Fsp3) is 0.581. The highest BCUT2D eigenvalue weighted by Gasteiger charge is 2.44. The van der Waals surface area contributed by atoms with E-state index < -0.39 is 55.5 Å². The van der Waals surface area contributed by atoms with E-state index in [1.807, 2.05) is 37.3 Å². The van der Waals surface area contributed by atoms with Crippen molar-refractivity contribution in [1.29, 1.82) is 0 Å². The highest BCUT2D eigenvalue weighted by atomic mass is 16.7. The summed E-state index contributed by atoms with van der Waals surface area (Å²) in [6.45, 7) is 1.29. The number of rotatable bonds is 4. The van der Waals surface area contributed by atoms with Gasteiger partial charge in [-0.05, 0) is 39.0 Å². The van der Waals surface area contributed by atoms with Gasteiger partial charge in [-0.25, -0.2) is 4.79 Å². The Morgan fingerprint density at radius 3 is 2.29 bits per heavy atom. The van der Waals surface area contributed by atoms with Crippen molar-refractivity contribution in [2.75, 3.05) is 13.7 Å². The van der Waals surface area contributed by atoms with Crippen LogP contribution < -0.4 is 0 Å². The minimum atomic E-state index is -1.56. The topological polar surface area (TPSA) is 155 Å². The van der Waals surface area contributed by atoms with Crippen LogP contribution in [0.4, 0.5) is 0 Å². The maximum atomic E-state index is 12.1. The van der Waals surface area contributed by atoms with E-state index in [0.29, 0.717) is 19.3 Å². The molecule has 2 heterocycles. The molecule has 10 nitrogen and oxygen atoms in total. The predicted octanol–water partition coefficient (Wildman–Crippen LogP) is 2.17. The molecule has 9 atom stereocenters. The number of methoxy groups -OCH3 is 1. The van der Waals surface area contributed by atoms with Crippen molar-refractivity contribution >= 4 is 5.97 Å². The van der Waals surface area contributed by atoms with Gasteiger partial charge < -0.3 is 44.5 Å². The van der Waals surface area contributed by atoms with E-state index in [0.717, 1.165) is 19.3 Å². The first-order valence-corrected chi connectivity index (χ1v) is 14.1. The molecule has 0 aromatic heterocycles. The van der Waals surface area contributed by atoms with E-state index in [1.54, 1.807) is 43.6 Å². The van der Waals surface area contributed by atoms with Gasteiger partial charge in [-0.2, -0.15) is 0 Å². The molecular formula is C31H46O10. The molecule has 0 aliphatic carbocycles. The Bertz CT molecular complexity index is 922. The van der Waals surface area contributed by atoms with Gasteiger partial charge in [0.05, 0.1) is 31.0 Å².